The van der Waals surface area contributed by atoms with E-state index in [-0.39, 0.29) is 24.1 Å². The second-order valence-electron chi connectivity index (χ2n) is 10.2. The van der Waals surface area contributed by atoms with E-state index in [0.29, 0.717) is 56.9 Å². The molecule has 1 aromatic carbocycles. The maximum absolute atomic E-state index is 12.4. The molecule has 0 spiro atoms. The van der Waals surface area contributed by atoms with Crippen molar-refractivity contribution >= 4 is 23.3 Å². The second-order valence-corrected chi connectivity index (χ2v) is 10.6. The van der Waals surface area contributed by atoms with Gasteiger partial charge in [-0.1, -0.05) is 18.2 Å². The number of phenolic OH excluding ortho intramolecular Hbond substituents is 1. The Hall–Kier alpha value is -3.43. The first kappa shape index (κ1) is 28.1. The molecule has 2 aromatic rings. The van der Waals surface area contributed by atoms with Gasteiger partial charge in [0.05, 0.1) is 37.4 Å². The smallest absolute Gasteiger partial charge is 0.318 e. The van der Waals surface area contributed by atoms with Crippen LogP contribution in [-0.4, -0.2) is 101 Å². The zero-order chi connectivity index (χ0) is 28.1. The number of aromatic hydroxyl groups is 1. The Bertz CT molecular complexity index is 1280. The summed E-state index contributed by atoms with van der Waals surface area (Å²) in [6.45, 7) is 11.2. The highest BCUT2D eigenvalue weighted by molar-refractivity contribution is 6.31. The van der Waals surface area contributed by atoms with Crippen molar-refractivity contribution in [1.29, 1.82) is 5.26 Å². The summed E-state index contributed by atoms with van der Waals surface area (Å²) in [6.07, 6.45) is 1.52. The highest BCUT2D eigenvalue weighted by atomic mass is 35.5. The first-order valence-corrected chi connectivity index (χ1v) is 13.9. The number of rotatable bonds is 9. The van der Waals surface area contributed by atoms with Crippen LogP contribution >= 0.6 is 11.6 Å². The summed E-state index contributed by atoms with van der Waals surface area (Å²) < 4.78 is 11.5. The van der Waals surface area contributed by atoms with Gasteiger partial charge in [0.25, 0.3) is 0 Å². The number of benzene rings is 1. The standard InChI is InChI=1S/C28H34ClN7O4/c1-2-26(38)36-8-7-35(17-21(36)5-6-30)27-23-18-34(16-20-15-22(37)3-4-24(20)29)19-25(23)31-28(32-27)40-14-11-33-9-12-39-13-10-33/h2-4,15,21,37H,1,5,7-14,16-19H2/t21-/m0/s1. The van der Waals surface area contributed by atoms with E-state index in [4.69, 9.17) is 31.0 Å². The van der Waals surface area contributed by atoms with Gasteiger partial charge in [-0.3, -0.25) is 14.6 Å². The summed E-state index contributed by atoms with van der Waals surface area (Å²) in [5.41, 5.74) is 2.71. The number of piperazine rings is 1. The van der Waals surface area contributed by atoms with Crippen molar-refractivity contribution in [2.45, 2.75) is 32.1 Å². The van der Waals surface area contributed by atoms with Crippen LogP contribution in [0.5, 0.6) is 11.8 Å². The number of hydrogen-bond acceptors (Lipinski definition) is 10. The SMILES string of the molecule is C=CC(=O)N1CCN(c2nc(OCCN3CCOCC3)nc3c2CN(Cc2cc(O)ccc2Cl)C3)C[C@@H]1CC#N. The number of nitrogens with zero attached hydrogens (tertiary/aromatic N) is 7. The van der Waals surface area contributed by atoms with Crippen LogP contribution in [0.15, 0.2) is 30.9 Å². The van der Waals surface area contributed by atoms with Crippen LogP contribution < -0.4 is 9.64 Å². The predicted molar refractivity (Wildman–Crippen MR) is 149 cm³/mol. The van der Waals surface area contributed by atoms with Gasteiger partial charge in [-0.25, -0.2) is 0 Å². The van der Waals surface area contributed by atoms with Crippen LogP contribution in [0.4, 0.5) is 5.82 Å². The van der Waals surface area contributed by atoms with Gasteiger partial charge in [-0.05, 0) is 29.8 Å². The number of nitriles is 1. The van der Waals surface area contributed by atoms with E-state index < -0.39 is 0 Å². The molecule has 3 aliphatic heterocycles. The minimum Gasteiger partial charge on any atom is -0.508 e. The molecule has 3 aliphatic rings. The van der Waals surface area contributed by atoms with Crippen molar-refractivity contribution < 1.29 is 19.4 Å². The van der Waals surface area contributed by atoms with Crippen molar-refractivity contribution in [3.05, 3.63) is 52.7 Å². The molecule has 0 saturated carbocycles. The topological polar surface area (TPSA) is 118 Å². The normalized spacial score (nSPS) is 19.8. The Kier molecular flexibility index (Phi) is 9.01. The van der Waals surface area contributed by atoms with Crippen molar-refractivity contribution in [1.82, 2.24) is 24.7 Å². The van der Waals surface area contributed by atoms with Crippen LogP contribution in [0, 0.1) is 11.3 Å². The lowest BCUT2D eigenvalue weighted by Gasteiger charge is -2.41. The van der Waals surface area contributed by atoms with Gasteiger partial charge >= 0.3 is 6.01 Å². The number of amides is 1. The fraction of sp³-hybridized carbons (Fsp3) is 0.500. The van der Waals surface area contributed by atoms with Gasteiger partial charge in [-0.15, -0.1) is 0 Å². The summed E-state index contributed by atoms with van der Waals surface area (Å²) in [5, 5.41) is 20.0. The van der Waals surface area contributed by atoms with Crippen LogP contribution in [-0.2, 0) is 29.2 Å². The van der Waals surface area contributed by atoms with E-state index in [1.165, 1.54) is 6.08 Å². The third kappa shape index (κ3) is 6.47. The van der Waals surface area contributed by atoms with Crippen LogP contribution in [0.1, 0.15) is 23.2 Å². The minimum absolute atomic E-state index is 0.169. The monoisotopic (exact) mass is 567 g/mol. The third-order valence-corrected chi connectivity index (χ3v) is 7.91. The summed E-state index contributed by atoms with van der Waals surface area (Å²) in [5.74, 6) is 0.765. The van der Waals surface area contributed by atoms with Gasteiger partial charge in [0.1, 0.15) is 18.2 Å². The molecule has 2 saturated heterocycles. The van der Waals surface area contributed by atoms with Crippen molar-refractivity contribution in [3.8, 4) is 17.8 Å². The highest BCUT2D eigenvalue weighted by Gasteiger charge is 2.34. The first-order valence-electron chi connectivity index (χ1n) is 13.5. The zero-order valence-electron chi connectivity index (χ0n) is 22.5. The van der Waals surface area contributed by atoms with E-state index >= 15 is 0 Å². The molecule has 12 heteroatoms. The fourth-order valence-electron chi connectivity index (χ4n) is 5.47. The summed E-state index contributed by atoms with van der Waals surface area (Å²) in [4.78, 5) is 30.4. The van der Waals surface area contributed by atoms with Crippen LogP contribution in [0.2, 0.25) is 5.02 Å². The number of carbonyl (C=O) groups is 1. The quantitative estimate of drug-likeness (QED) is 0.452. The van der Waals surface area contributed by atoms with E-state index in [2.05, 4.69) is 27.3 Å². The Labute approximate surface area is 239 Å². The highest BCUT2D eigenvalue weighted by Crippen LogP contribution is 2.34. The molecule has 212 valence electrons. The average Bonchev–Trinajstić information content (AvgIpc) is 3.37. The lowest BCUT2D eigenvalue weighted by Crippen LogP contribution is -2.55. The molecule has 11 nitrogen and oxygen atoms in total. The number of hydrogen-bond donors (Lipinski definition) is 1. The first-order chi connectivity index (χ1) is 19.4. The molecular weight excluding hydrogens is 534 g/mol. The molecule has 0 radical (unpaired) electrons. The Morgan fingerprint density at radius 3 is 2.83 bits per heavy atom. The van der Waals surface area contributed by atoms with E-state index in [1.807, 2.05) is 0 Å². The van der Waals surface area contributed by atoms with E-state index in [0.717, 1.165) is 55.5 Å². The lowest BCUT2D eigenvalue weighted by molar-refractivity contribution is -0.128. The third-order valence-electron chi connectivity index (χ3n) is 7.54. The van der Waals surface area contributed by atoms with E-state index in [9.17, 15) is 15.2 Å². The molecule has 2 fully saturated rings. The van der Waals surface area contributed by atoms with Gasteiger partial charge in [-0.2, -0.15) is 15.2 Å². The van der Waals surface area contributed by atoms with Gasteiger partial charge < -0.3 is 24.4 Å². The molecule has 1 aromatic heterocycles. The molecule has 1 N–H and O–H groups in total. The van der Waals surface area contributed by atoms with Crippen LogP contribution in [0.25, 0.3) is 0 Å². The summed E-state index contributed by atoms with van der Waals surface area (Å²) >= 11 is 6.41. The molecule has 1 amide bonds. The Morgan fingerprint density at radius 1 is 1.23 bits per heavy atom. The number of phenols is 1. The molecule has 1 atom stereocenters. The minimum atomic E-state index is -0.274. The Balaban J connectivity index is 1.37. The number of anilines is 1. The van der Waals surface area contributed by atoms with E-state index in [1.54, 1.807) is 23.1 Å². The zero-order valence-corrected chi connectivity index (χ0v) is 23.2. The molecule has 40 heavy (non-hydrogen) atoms. The van der Waals surface area contributed by atoms with Gasteiger partial charge in [0, 0.05) is 69.5 Å². The van der Waals surface area contributed by atoms with Gasteiger partial charge in [0.2, 0.25) is 5.91 Å². The van der Waals surface area contributed by atoms with Gasteiger partial charge in [0.15, 0.2) is 0 Å². The maximum Gasteiger partial charge on any atom is 0.318 e. The number of aromatic nitrogens is 2. The average molecular weight is 568 g/mol. The predicted octanol–water partition coefficient (Wildman–Crippen LogP) is 2.18. The van der Waals surface area contributed by atoms with Crippen molar-refractivity contribution in [3.63, 3.8) is 0 Å². The molecule has 0 aliphatic carbocycles. The lowest BCUT2D eigenvalue weighted by atomic mass is 10.1. The molecule has 0 unspecified atom stereocenters. The second kappa shape index (κ2) is 12.8. The largest absolute Gasteiger partial charge is 0.508 e. The molecule has 4 heterocycles. The number of morpholine rings is 1. The number of halogens is 1. The fourth-order valence-corrected chi connectivity index (χ4v) is 5.64. The molecule has 5 rings (SSSR count). The molecule has 0 bridgehead atoms. The summed E-state index contributed by atoms with van der Waals surface area (Å²) in [6, 6.07) is 7.21. The van der Waals surface area contributed by atoms with Crippen molar-refractivity contribution in [2.24, 2.45) is 0 Å². The van der Waals surface area contributed by atoms with Crippen LogP contribution in [0.3, 0.4) is 0 Å². The number of ether oxygens (including phenoxy) is 2. The number of fused-ring (bicyclic) bond motifs is 1. The Morgan fingerprint density at radius 2 is 2.05 bits per heavy atom. The number of carbonyl (C=O) groups excluding carboxylic acids is 1. The van der Waals surface area contributed by atoms with Crippen molar-refractivity contribution in [2.75, 3.05) is 64.0 Å². The summed E-state index contributed by atoms with van der Waals surface area (Å²) in [7, 11) is 0. The maximum atomic E-state index is 12.4. The molecular formula is C28H34ClN7O4.